The molecule has 26 heavy (non-hydrogen) atoms. The zero-order valence-corrected chi connectivity index (χ0v) is 15.2. The zero-order valence-electron chi connectivity index (χ0n) is 15.2. The van der Waals surface area contributed by atoms with Gasteiger partial charge >= 0.3 is 0 Å². The monoisotopic (exact) mass is 357 g/mol. The average Bonchev–Trinajstić information content (AvgIpc) is 2.69. The van der Waals surface area contributed by atoms with Gasteiger partial charge in [-0.3, -0.25) is 4.79 Å². The summed E-state index contributed by atoms with van der Waals surface area (Å²) in [5.74, 6) is 0.327. The van der Waals surface area contributed by atoms with E-state index in [-0.39, 0.29) is 11.7 Å². The van der Waals surface area contributed by atoms with Gasteiger partial charge in [0, 0.05) is 51.7 Å². The number of anilines is 2. The number of halogens is 1. The Morgan fingerprint density at radius 1 is 1.08 bits per heavy atom. The molecule has 1 aliphatic rings. The zero-order chi connectivity index (χ0) is 18.5. The highest BCUT2D eigenvalue weighted by atomic mass is 19.1. The molecule has 1 fully saturated rings. The summed E-state index contributed by atoms with van der Waals surface area (Å²) in [6.07, 6.45) is 3.18. The molecule has 2 aromatic rings. The first kappa shape index (κ1) is 18.1. The van der Waals surface area contributed by atoms with Crippen molar-refractivity contribution in [3.63, 3.8) is 0 Å². The van der Waals surface area contributed by atoms with Gasteiger partial charge in [0.25, 0.3) is 5.91 Å². The summed E-state index contributed by atoms with van der Waals surface area (Å²) in [7, 11) is 0. The number of para-hydroxylation sites is 1. The van der Waals surface area contributed by atoms with E-state index in [1.165, 1.54) is 6.07 Å². The highest BCUT2D eigenvalue weighted by Gasteiger charge is 2.24. The second-order valence-electron chi connectivity index (χ2n) is 6.17. The number of hydrogen-bond acceptors (Lipinski definition) is 5. The normalized spacial score (nSPS) is 14.4. The maximum atomic E-state index is 13.9. The molecule has 138 valence electrons. The van der Waals surface area contributed by atoms with Crippen LogP contribution in [-0.2, 0) is 0 Å². The van der Waals surface area contributed by atoms with Crippen LogP contribution in [0.4, 0.5) is 16.0 Å². The third-order valence-electron chi connectivity index (χ3n) is 4.69. The summed E-state index contributed by atoms with van der Waals surface area (Å²) in [6.45, 7) is 8.03. The fourth-order valence-corrected chi connectivity index (χ4v) is 3.14. The Labute approximate surface area is 153 Å². The summed E-state index contributed by atoms with van der Waals surface area (Å²) in [5.41, 5.74) is 1.08. The van der Waals surface area contributed by atoms with Crippen LogP contribution in [-0.4, -0.2) is 60.0 Å². The molecule has 1 amide bonds. The molecule has 1 saturated heterocycles. The Morgan fingerprint density at radius 2 is 1.69 bits per heavy atom. The molecule has 1 aromatic carbocycles. The van der Waals surface area contributed by atoms with Crippen molar-refractivity contribution in [2.24, 2.45) is 0 Å². The summed E-state index contributed by atoms with van der Waals surface area (Å²) in [5, 5.41) is 0. The molecule has 0 atom stereocenters. The van der Waals surface area contributed by atoms with Crippen molar-refractivity contribution in [3.8, 4) is 0 Å². The first-order valence-corrected chi connectivity index (χ1v) is 8.99. The number of carbonyl (C=O) groups excluding carboxylic acids is 1. The topological polar surface area (TPSA) is 52.6 Å². The number of amides is 1. The number of hydrogen-bond donors (Lipinski definition) is 0. The van der Waals surface area contributed by atoms with Crippen LogP contribution in [0.15, 0.2) is 36.7 Å². The van der Waals surface area contributed by atoms with Crippen LogP contribution in [0.25, 0.3) is 0 Å². The van der Waals surface area contributed by atoms with Gasteiger partial charge in [-0.05, 0) is 26.0 Å². The fraction of sp³-hybridized carbons (Fsp3) is 0.421. The maximum Gasteiger partial charge on any atom is 0.257 e. The fourth-order valence-electron chi connectivity index (χ4n) is 3.14. The minimum Gasteiger partial charge on any atom is -0.366 e. The first-order chi connectivity index (χ1) is 12.6. The van der Waals surface area contributed by atoms with Crippen LogP contribution in [0.5, 0.6) is 0 Å². The van der Waals surface area contributed by atoms with Gasteiger partial charge in [0.1, 0.15) is 5.82 Å². The number of benzene rings is 1. The third-order valence-corrected chi connectivity index (χ3v) is 4.69. The van der Waals surface area contributed by atoms with Crippen molar-refractivity contribution in [2.45, 2.75) is 13.8 Å². The number of carbonyl (C=O) groups is 1. The quantitative estimate of drug-likeness (QED) is 0.823. The van der Waals surface area contributed by atoms with Crippen molar-refractivity contribution in [3.05, 3.63) is 48.0 Å². The van der Waals surface area contributed by atoms with E-state index in [1.807, 2.05) is 29.7 Å². The Balaban J connectivity index is 1.62. The van der Waals surface area contributed by atoms with Gasteiger partial charge in [-0.2, -0.15) is 0 Å². The number of piperazine rings is 1. The van der Waals surface area contributed by atoms with Crippen LogP contribution in [0.1, 0.15) is 24.2 Å². The number of nitrogens with zero attached hydrogens (tertiary/aromatic N) is 5. The molecule has 0 radical (unpaired) electrons. The van der Waals surface area contributed by atoms with E-state index in [0.29, 0.717) is 43.4 Å². The number of rotatable bonds is 5. The van der Waals surface area contributed by atoms with E-state index in [0.717, 1.165) is 13.1 Å². The third kappa shape index (κ3) is 3.76. The van der Waals surface area contributed by atoms with E-state index in [2.05, 4.69) is 9.97 Å². The molecular formula is C19H24FN5O. The van der Waals surface area contributed by atoms with Gasteiger partial charge in [-0.25, -0.2) is 14.4 Å². The molecule has 6 nitrogen and oxygen atoms in total. The SMILES string of the molecule is CCN(CC)c1ncc(C(=O)N2CCN(c3ccccc3F)CC2)cn1. The average molecular weight is 357 g/mol. The Hall–Kier alpha value is -2.70. The van der Waals surface area contributed by atoms with Gasteiger partial charge in [0.2, 0.25) is 5.95 Å². The summed E-state index contributed by atoms with van der Waals surface area (Å²) >= 11 is 0. The van der Waals surface area contributed by atoms with Gasteiger partial charge in [0.15, 0.2) is 0 Å². The molecule has 7 heteroatoms. The highest BCUT2D eigenvalue weighted by molar-refractivity contribution is 5.93. The maximum absolute atomic E-state index is 13.9. The van der Waals surface area contributed by atoms with Crippen LogP contribution < -0.4 is 9.80 Å². The molecule has 0 spiro atoms. The number of aromatic nitrogens is 2. The Bertz CT molecular complexity index is 740. The lowest BCUT2D eigenvalue weighted by Crippen LogP contribution is -2.49. The van der Waals surface area contributed by atoms with Crippen molar-refractivity contribution in [2.75, 3.05) is 49.1 Å². The van der Waals surface area contributed by atoms with Gasteiger partial charge in [0.05, 0.1) is 11.3 Å². The molecular weight excluding hydrogens is 333 g/mol. The Kier molecular flexibility index (Phi) is 5.65. The lowest BCUT2D eigenvalue weighted by molar-refractivity contribution is 0.0746. The summed E-state index contributed by atoms with van der Waals surface area (Å²) < 4.78 is 13.9. The Morgan fingerprint density at radius 3 is 2.27 bits per heavy atom. The van der Waals surface area contributed by atoms with E-state index >= 15 is 0 Å². The molecule has 1 aromatic heterocycles. The van der Waals surface area contributed by atoms with Gasteiger partial charge in [-0.1, -0.05) is 12.1 Å². The van der Waals surface area contributed by atoms with E-state index in [4.69, 9.17) is 0 Å². The van der Waals surface area contributed by atoms with Crippen molar-refractivity contribution in [1.82, 2.24) is 14.9 Å². The van der Waals surface area contributed by atoms with Crippen molar-refractivity contribution in [1.29, 1.82) is 0 Å². The summed E-state index contributed by atoms with van der Waals surface area (Å²) in [4.78, 5) is 27.1. The first-order valence-electron chi connectivity index (χ1n) is 8.99. The van der Waals surface area contributed by atoms with Gasteiger partial charge < -0.3 is 14.7 Å². The lowest BCUT2D eigenvalue weighted by Gasteiger charge is -2.36. The van der Waals surface area contributed by atoms with Crippen molar-refractivity contribution >= 4 is 17.5 Å². The summed E-state index contributed by atoms with van der Waals surface area (Å²) in [6, 6.07) is 6.74. The molecule has 1 aliphatic heterocycles. The highest BCUT2D eigenvalue weighted by Crippen LogP contribution is 2.20. The molecule has 0 N–H and O–H groups in total. The molecule has 0 saturated carbocycles. The van der Waals surface area contributed by atoms with Crippen LogP contribution in [0.3, 0.4) is 0 Å². The predicted molar refractivity (Wildman–Crippen MR) is 100 cm³/mol. The van der Waals surface area contributed by atoms with Crippen LogP contribution >= 0.6 is 0 Å². The molecule has 0 unspecified atom stereocenters. The standard InChI is InChI=1S/C19H24FN5O/c1-3-23(4-2)19-21-13-15(14-22-19)18(26)25-11-9-24(10-12-25)17-8-6-5-7-16(17)20/h5-8,13-14H,3-4,9-12H2,1-2H3. The van der Waals surface area contributed by atoms with Crippen LogP contribution in [0.2, 0.25) is 0 Å². The predicted octanol–water partition coefficient (Wildman–Crippen LogP) is 2.42. The van der Waals surface area contributed by atoms with Gasteiger partial charge in [-0.15, -0.1) is 0 Å². The molecule has 2 heterocycles. The minimum atomic E-state index is -0.229. The second kappa shape index (κ2) is 8.12. The lowest BCUT2D eigenvalue weighted by atomic mass is 10.2. The molecule has 0 aliphatic carbocycles. The second-order valence-corrected chi connectivity index (χ2v) is 6.17. The van der Waals surface area contributed by atoms with Crippen molar-refractivity contribution < 1.29 is 9.18 Å². The van der Waals surface area contributed by atoms with E-state index in [1.54, 1.807) is 29.4 Å². The van der Waals surface area contributed by atoms with E-state index in [9.17, 15) is 9.18 Å². The largest absolute Gasteiger partial charge is 0.366 e. The minimum absolute atomic E-state index is 0.0794. The smallest absolute Gasteiger partial charge is 0.257 e. The van der Waals surface area contributed by atoms with E-state index < -0.39 is 0 Å². The molecule has 3 rings (SSSR count). The molecule has 0 bridgehead atoms. The van der Waals surface area contributed by atoms with Crippen LogP contribution in [0, 0.1) is 5.82 Å².